The van der Waals surface area contributed by atoms with Crippen molar-refractivity contribution in [2.24, 2.45) is 5.92 Å². The minimum absolute atomic E-state index is 0.236. The average molecular weight is 639 g/mol. The van der Waals surface area contributed by atoms with Crippen LogP contribution in [0.2, 0.25) is 0 Å². The molecule has 6 rings (SSSR count). The zero-order valence-electron chi connectivity index (χ0n) is 21.0. The van der Waals surface area contributed by atoms with Crippen LogP contribution in [-0.2, 0) is 20.9 Å². The minimum Gasteiger partial charge on any atom is -0.325 e. The van der Waals surface area contributed by atoms with E-state index < -0.39 is 34.7 Å². The van der Waals surface area contributed by atoms with Crippen molar-refractivity contribution in [1.29, 1.82) is 0 Å². The molecule has 1 N–H and O–H groups in total. The molecule has 40 heavy (non-hydrogen) atoms. The number of anilines is 2. The topological polar surface area (TPSA) is 88.5 Å². The van der Waals surface area contributed by atoms with Crippen LogP contribution in [0.1, 0.15) is 21.9 Å². The van der Waals surface area contributed by atoms with Crippen LogP contribution in [0.15, 0.2) is 87.1 Å². The Morgan fingerprint density at radius 2 is 1.62 bits per heavy atom. The zero-order chi connectivity index (χ0) is 28.1. The molecule has 3 heterocycles. The third kappa shape index (κ3) is 4.71. The van der Waals surface area contributed by atoms with E-state index in [1.165, 1.54) is 28.8 Å². The predicted octanol–water partition coefficient (Wildman–Crippen LogP) is 5.55. The third-order valence-electron chi connectivity index (χ3n) is 7.00. The zero-order valence-corrected chi connectivity index (χ0v) is 24.2. The lowest BCUT2D eigenvalue weighted by molar-refractivity contribution is -0.122. The molecule has 11 heteroatoms. The summed E-state index contributed by atoms with van der Waals surface area (Å²) >= 11 is 5.57. The van der Waals surface area contributed by atoms with Gasteiger partial charge in [0.15, 0.2) is 0 Å². The minimum atomic E-state index is -0.820. The molecule has 0 spiro atoms. The van der Waals surface area contributed by atoms with Crippen molar-refractivity contribution >= 4 is 68.1 Å². The molecule has 2 aliphatic heterocycles. The number of halogens is 2. The van der Waals surface area contributed by atoms with Crippen LogP contribution < -0.4 is 15.1 Å². The molecule has 4 aromatic rings. The summed E-state index contributed by atoms with van der Waals surface area (Å²) in [4.78, 5) is 55.1. The van der Waals surface area contributed by atoms with E-state index >= 15 is 0 Å². The Morgan fingerprint density at radius 1 is 0.950 bits per heavy atom. The molecule has 3 aromatic carbocycles. The Balaban J connectivity index is 1.40. The number of carbonyl (C=O) groups excluding carboxylic acids is 3. The van der Waals surface area contributed by atoms with Crippen molar-refractivity contribution in [2.45, 2.75) is 29.7 Å². The van der Waals surface area contributed by atoms with Gasteiger partial charge in [-0.2, -0.15) is 0 Å². The number of benzene rings is 3. The van der Waals surface area contributed by atoms with Gasteiger partial charge in [0.1, 0.15) is 17.6 Å². The summed E-state index contributed by atoms with van der Waals surface area (Å²) in [6.45, 7) is 1.71. The van der Waals surface area contributed by atoms with Gasteiger partial charge in [-0.3, -0.25) is 23.7 Å². The van der Waals surface area contributed by atoms with Gasteiger partial charge in [-0.1, -0.05) is 68.9 Å². The Labute approximate surface area is 245 Å². The molecule has 0 saturated carbocycles. The van der Waals surface area contributed by atoms with Crippen molar-refractivity contribution < 1.29 is 18.8 Å². The monoisotopic (exact) mass is 637 g/mol. The van der Waals surface area contributed by atoms with Gasteiger partial charge in [-0.25, -0.2) is 9.29 Å². The number of hydrogen-bond acceptors (Lipinski definition) is 6. The number of amides is 3. The maximum atomic E-state index is 13.8. The molecular weight excluding hydrogens is 617 g/mol. The maximum Gasteiger partial charge on any atom is 0.308 e. The van der Waals surface area contributed by atoms with E-state index in [0.717, 1.165) is 43.6 Å². The molecule has 1 fully saturated rings. The summed E-state index contributed by atoms with van der Waals surface area (Å²) in [6, 6.07) is 20.0. The smallest absolute Gasteiger partial charge is 0.308 e. The number of hydrogen-bond donors (Lipinski definition) is 1. The van der Waals surface area contributed by atoms with Gasteiger partial charge in [-0.05, 0) is 61.0 Å². The SMILES string of the molecule is Cc1ccc(NC(=O)Cn2c3c(sc2=O)[C@H](c2ccc(Br)cc2)C2C(=O)N(c4ccc(F)cc4)C(=O)C2S3)cc1. The van der Waals surface area contributed by atoms with Gasteiger partial charge in [0.05, 0.1) is 16.6 Å². The fourth-order valence-corrected chi connectivity index (χ4v) is 8.15. The normalized spacial score (nSPS) is 19.9. The molecule has 0 radical (unpaired) electrons. The number of imide groups is 1. The van der Waals surface area contributed by atoms with Gasteiger partial charge >= 0.3 is 4.87 Å². The first kappa shape index (κ1) is 26.7. The van der Waals surface area contributed by atoms with Crippen LogP contribution in [-0.4, -0.2) is 27.5 Å². The Hall–Kier alpha value is -3.54. The Kier molecular flexibility index (Phi) is 6.97. The largest absolute Gasteiger partial charge is 0.325 e. The lowest BCUT2D eigenvalue weighted by Gasteiger charge is -2.30. The lowest BCUT2D eigenvalue weighted by atomic mass is 9.83. The van der Waals surface area contributed by atoms with Crippen LogP contribution in [0.4, 0.5) is 15.8 Å². The quantitative estimate of drug-likeness (QED) is 0.290. The first-order valence-electron chi connectivity index (χ1n) is 12.4. The molecule has 1 saturated heterocycles. The fraction of sp³-hybridized carbons (Fsp3) is 0.172. The van der Waals surface area contributed by atoms with Crippen LogP contribution in [0.3, 0.4) is 0 Å². The maximum absolute atomic E-state index is 13.8. The van der Waals surface area contributed by atoms with Crippen molar-refractivity contribution in [3.8, 4) is 0 Å². The third-order valence-corrected chi connectivity index (χ3v) is 10.1. The summed E-state index contributed by atoms with van der Waals surface area (Å²) in [5.74, 6) is -3.04. The summed E-state index contributed by atoms with van der Waals surface area (Å²) in [7, 11) is 0. The summed E-state index contributed by atoms with van der Waals surface area (Å²) in [5, 5.41) is 2.50. The van der Waals surface area contributed by atoms with Gasteiger partial charge in [0.2, 0.25) is 17.7 Å². The van der Waals surface area contributed by atoms with Gasteiger partial charge in [0.25, 0.3) is 0 Å². The van der Waals surface area contributed by atoms with E-state index in [-0.39, 0.29) is 17.3 Å². The number of aromatic nitrogens is 1. The van der Waals surface area contributed by atoms with Crippen LogP contribution in [0, 0.1) is 18.7 Å². The first-order chi connectivity index (χ1) is 19.2. The predicted molar refractivity (Wildman–Crippen MR) is 156 cm³/mol. The lowest BCUT2D eigenvalue weighted by Crippen LogP contribution is -2.33. The van der Waals surface area contributed by atoms with Crippen molar-refractivity contribution in [3.05, 3.63) is 109 Å². The second-order valence-electron chi connectivity index (χ2n) is 9.62. The highest BCUT2D eigenvalue weighted by molar-refractivity contribution is 9.10. The van der Waals surface area contributed by atoms with Crippen LogP contribution in [0.5, 0.6) is 0 Å². The molecule has 202 valence electrons. The molecule has 0 bridgehead atoms. The summed E-state index contributed by atoms with van der Waals surface area (Å²) in [6.07, 6.45) is 0. The van der Waals surface area contributed by atoms with E-state index in [4.69, 9.17) is 0 Å². The number of thioether (sulfide) groups is 1. The van der Waals surface area contributed by atoms with Crippen LogP contribution >= 0.6 is 39.0 Å². The number of nitrogens with zero attached hydrogens (tertiary/aromatic N) is 2. The Bertz CT molecular complexity index is 1700. The number of rotatable bonds is 5. The highest BCUT2D eigenvalue weighted by atomic mass is 79.9. The second-order valence-corrected chi connectivity index (χ2v) is 12.7. The number of aryl methyl sites for hydroxylation is 1. The van der Waals surface area contributed by atoms with Crippen LogP contribution in [0.25, 0.3) is 0 Å². The van der Waals surface area contributed by atoms with Gasteiger partial charge in [0, 0.05) is 21.0 Å². The van der Waals surface area contributed by atoms with Gasteiger partial charge < -0.3 is 5.32 Å². The molecule has 7 nitrogen and oxygen atoms in total. The molecule has 0 aliphatic carbocycles. The van der Waals surface area contributed by atoms with E-state index in [2.05, 4.69) is 21.2 Å². The number of carbonyl (C=O) groups is 3. The standard InChI is InChI=1S/C29H21BrFN3O4S2/c1-15-2-10-19(11-3-15)32-21(35)14-33-28-25(40-29(33)38)22(16-4-6-17(30)7-5-16)23-24(39-28)27(37)34(26(23)36)20-12-8-18(31)9-13-20/h2-13,22-24H,14H2,1H3,(H,32,35)/t22-,23?,24?/m1/s1. The van der Waals surface area contributed by atoms with Gasteiger partial charge in [-0.15, -0.1) is 0 Å². The van der Waals surface area contributed by atoms with Crippen molar-refractivity contribution in [2.75, 3.05) is 10.2 Å². The first-order valence-corrected chi connectivity index (χ1v) is 14.9. The highest BCUT2D eigenvalue weighted by Gasteiger charge is 2.56. The number of fused-ring (bicyclic) bond motifs is 2. The van der Waals surface area contributed by atoms with E-state index in [1.807, 2.05) is 43.3 Å². The van der Waals surface area contributed by atoms with Crippen molar-refractivity contribution in [3.63, 3.8) is 0 Å². The summed E-state index contributed by atoms with van der Waals surface area (Å²) in [5.41, 5.74) is 2.73. The molecule has 1 aromatic heterocycles. The molecule has 3 atom stereocenters. The average Bonchev–Trinajstić information content (AvgIpc) is 3.37. The van der Waals surface area contributed by atoms with Crippen molar-refractivity contribution in [1.82, 2.24) is 4.57 Å². The number of thiazole rings is 1. The van der Waals surface area contributed by atoms with E-state index in [9.17, 15) is 23.6 Å². The highest BCUT2D eigenvalue weighted by Crippen LogP contribution is 2.53. The second kappa shape index (κ2) is 10.5. The Morgan fingerprint density at radius 3 is 2.30 bits per heavy atom. The molecule has 2 aliphatic rings. The van der Waals surface area contributed by atoms with E-state index in [1.54, 1.807) is 12.1 Å². The summed E-state index contributed by atoms with van der Waals surface area (Å²) < 4.78 is 15.8. The molecular formula is C29H21BrFN3O4S2. The molecule has 3 amide bonds. The molecule has 2 unspecified atom stereocenters. The number of nitrogens with one attached hydrogen (secondary N) is 1. The van der Waals surface area contributed by atoms with E-state index in [0.29, 0.717) is 21.3 Å². The fourth-order valence-electron chi connectivity index (χ4n) is 5.11.